The second-order valence-corrected chi connectivity index (χ2v) is 8.36. The Hall–Kier alpha value is -2.74. The van der Waals surface area contributed by atoms with Gasteiger partial charge in [-0.1, -0.05) is 35.3 Å². The number of carbonyl (C=O) groups excluding carboxylic acids is 1. The molecule has 0 aliphatic heterocycles. The van der Waals surface area contributed by atoms with E-state index in [-0.39, 0.29) is 12.5 Å². The molecule has 0 aliphatic carbocycles. The van der Waals surface area contributed by atoms with Gasteiger partial charge in [0.1, 0.15) is 12.2 Å². The predicted octanol–water partition coefficient (Wildman–Crippen LogP) is 4.77. The second-order valence-electron chi connectivity index (χ2n) is 6.28. The van der Waals surface area contributed by atoms with Gasteiger partial charge in [-0.3, -0.25) is 9.59 Å². The summed E-state index contributed by atoms with van der Waals surface area (Å²) in [5.74, 6) is -0.379. The van der Waals surface area contributed by atoms with Gasteiger partial charge >= 0.3 is 0 Å². The largest absolute Gasteiger partial charge is 0.324 e. The van der Waals surface area contributed by atoms with Gasteiger partial charge in [-0.05, 0) is 43.3 Å². The number of amides is 1. The summed E-state index contributed by atoms with van der Waals surface area (Å²) in [4.78, 5) is 29.7. The first-order valence-electron chi connectivity index (χ1n) is 8.60. The Morgan fingerprint density at radius 3 is 2.34 bits per heavy atom. The van der Waals surface area contributed by atoms with Gasteiger partial charge in [0, 0.05) is 21.3 Å². The lowest BCUT2D eigenvalue weighted by atomic mass is 10.1. The van der Waals surface area contributed by atoms with Crippen molar-refractivity contribution in [2.24, 2.45) is 0 Å². The highest BCUT2D eigenvalue weighted by Gasteiger charge is 2.18. The molecule has 4 aromatic rings. The van der Waals surface area contributed by atoms with Gasteiger partial charge in [0.25, 0.3) is 5.56 Å². The number of aryl methyl sites for hydroxylation is 1. The van der Waals surface area contributed by atoms with Crippen molar-refractivity contribution in [2.45, 2.75) is 13.5 Å². The first-order valence-corrected chi connectivity index (χ1v) is 10.2. The van der Waals surface area contributed by atoms with Crippen molar-refractivity contribution >= 4 is 56.3 Å². The standard InChI is InChI=1S/C20H14Cl2N4O2S/c1-11-23-18-19(29-11)17(12-2-4-13(21)5-3-12)25-26(20(18)28)10-16(27)24-15-8-6-14(22)7-9-15/h2-9H,10H2,1H3,(H,24,27). The van der Waals surface area contributed by atoms with Gasteiger partial charge < -0.3 is 5.32 Å². The van der Waals surface area contributed by atoms with Gasteiger partial charge in [-0.25, -0.2) is 9.67 Å². The molecule has 146 valence electrons. The number of carbonyl (C=O) groups is 1. The van der Waals surface area contributed by atoms with Gasteiger partial charge in [0.05, 0.1) is 9.71 Å². The molecule has 1 amide bonds. The Kier molecular flexibility index (Phi) is 5.36. The van der Waals surface area contributed by atoms with Crippen molar-refractivity contribution in [3.05, 3.63) is 73.9 Å². The van der Waals surface area contributed by atoms with Gasteiger partial charge in [0.2, 0.25) is 5.91 Å². The van der Waals surface area contributed by atoms with Crippen molar-refractivity contribution in [2.75, 3.05) is 5.32 Å². The van der Waals surface area contributed by atoms with Crippen LogP contribution in [0.5, 0.6) is 0 Å². The molecule has 9 heteroatoms. The molecule has 6 nitrogen and oxygen atoms in total. The van der Waals surface area contributed by atoms with E-state index in [4.69, 9.17) is 23.2 Å². The van der Waals surface area contributed by atoms with Crippen LogP contribution in [0.1, 0.15) is 5.01 Å². The fourth-order valence-corrected chi connectivity index (χ4v) is 4.01. The van der Waals surface area contributed by atoms with E-state index in [0.717, 1.165) is 15.3 Å². The third-order valence-corrected chi connectivity index (χ3v) is 5.63. The quantitative estimate of drug-likeness (QED) is 0.491. The Labute approximate surface area is 179 Å². The van der Waals surface area contributed by atoms with E-state index >= 15 is 0 Å². The van der Waals surface area contributed by atoms with E-state index in [9.17, 15) is 9.59 Å². The molecule has 0 bridgehead atoms. The number of nitrogens with zero attached hydrogens (tertiary/aromatic N) is 3. The molecule has 0 saturated heterocycles. The minimum atomic E-state index is -0.409. The van der Waals surface area contributed by atoms with E-state index in [0.29, 0.717) is 31.6 Å². The lowest BCUT2D eigenvalue weighted by Crippen LogP contribution is -2.30. The minimum absolute atomic E-state index is 0.242. The Bertz CT molecular complexity index is 1260. The van der Waals surface area contributed by atoms with E-state index in [1.165, 1.54) is 11.3 Å². The fourth-order valence-electron chi connectivity index (χ4n) is 2.84. The predicted molar refractivity (Wildman–Crippen MR) is 117 cm³/mol. The molecule has 0 fully saturated rings. The molecule has 4 rings (SSSR count). The van der Waals surface area contributed by atoms with Crippen molar-refractivity contribution in [3.8, 4) is 11.3 Å². The van der Waals surface area contributed by atoms with Crippen LogP contribution in [-0.2, 0) is 11.3 Å². The van der Waals surface area contributed by atoms with Crippen LogP contribution in [-0.4, -0.2) is 20.7 Å². The molecule has 2 aromatic carbocycles. The molecule has 0 unspecified atom stereocenters. The molecule has 0 aliphatic rings. The maximum Gasteiger partial charge on any atom is 0.294 e. The zero-order valence-electron chi connectivity index (χ0n) is 15.1. The van der Waals surface area contributed by atoms with Crippen molar-refractivity contribution in [3.63, 3.8) is 0 Å². The lowest BCUT2D eigenvalue weighted by molar-refractivity contribution is -0.117. The summed E-state index contributed by atoms with van der Waals surface area (Å²) in [5.41, 5.74) is 1.84. The maximum atomic E-state index is 12.8. The molecule has 2 aromatic heterocycles. The highest BCUT2D eigenvalue weighted by Crippen LogP contribution is 2.30. The van der Waals surface area contributed by atoms with Crippen molar-refractivity contribution in [1.29, 1.82) is 0 Å². The summed E-state index contributed by atoms with van der Waals surface area (Å²) in [6.45, 7) is 1.59. The Morgan fingerprint density at radius 1 is 1.07 bits per heavy atom. The molecule has 0 atom stereocenters. The van der Waals surface area contributed by atoms with Crippen LogP contribution >= 0.6 is 34.5 Å². The average molecular weight is 445 g/mol. The van der Waals surface area contributed by atoms with Crippen molar-refractivity contribution in [1.82, 2.24) is 14.8 Å². The van der Waals surface area contributed by atoms with Crippen LogP contribution in [0.25, 0.3) is 21.5 Å². The monoisotopic (exact) mass is 444 g/mol. The topological polar surface area (TPSA) is 76.9 Å². The smallest absolute Gasteiger partial charge is 0.294 e. The van der Waals surface area contributed by atoms with Gasteiger partial charge in [0.15, 0.2) is 5.52 Å². The molecule has 0 radical (unpaired) electrons. The number of hydrogen-bond donors (Lipinski definition) is 1. The number of fused-ring (bicyclic) bond motifs is 1. The van der Waals surface area contributed by atoms with Crippen LogP contribution in [0.4, 0.5) is 5.69 Å². The molecule has 0 spiro atoms. The average Bonchev–Trinajstić information content (AvgIpc) is 3.09. The molecule has 1 N–H and O–H groups in total. The third kappa shape index (κ3) is 4.17. The first-order chi connectivity index (χ1) is 13.9. The molecular weight excluding hydrogens is 431 g/mol. The van der Waals surface area contributed by atoms with E-state index in [1.54, 1.807) is 36.4 Å². The number of hydrogen-bond acceptors (Lipinski definition) is 5. The number of anilines is 1. The van der Waals surface area contributed by atoms with Gasteiger partial charge in [-0.15, -0.1) is 11.3 Å². The molecule has 2 heterocycles. The Morgan fingerprint density at radius 2 is 1.69 bits per heavy atom. The molecular formula is C20H14Cl2N4O2S. The lowest BCUT2D eigenvalue weighted by Gasteiger charge is -2.09. The second kappa shape index (κ2) is 7.94. The highest BCUT2D eigenvalue weighted by atomic mass is 35.5. The number of aromatic nitrogens is 3. The molecule has 29 heavy (non-hydrogen) atoms. The third-order valence-electron chi connectivity index (χ3n) is 4.15. The van der Waals surface area contributed by atoms with Crippen LogP contribution in [0.15, 0.2) is 53.3 Å². The number of thiazole rings is 1. The van der Waals surface area contributed by atoms with E-state index < -0.39 is 5.56 Å². The number of rotatable bonds is 4. The van der Waals surface area contributed by atoms with E-state index in [2.05, 4.69) is 15.4 Å². The zero-order valence-corrected chi connectivity index (χ0v) is 17.5. The summed E-state index contributed by atoms with van der Waals surface area (Å²) < 4.78 is 1.82. The van der Waals surface area contributed by atoms with Crippen LogP contribution < -0.4 is 10.9 Å². The fraction of sp³-hybridized carbons (Fsp3) is 0.100. The van der Waals surface area contributed by atoms with Crippen LogP contribution in [0, 0.1) is 6.92 Å². The molecule has 0 saturated carbocycles. The van der Waals surface area contributed by atoms with Crippen LogP contribution in [0.3, 0.4) is 0 Å². The van der Waals surface area contributed by atoms with Crippen LogP contribution in [0.2, 0.25) is 10.0 Å². The number of halogens is 2. The summed E-state index contributed by atoms with van der Waals surface area (Å²) in [6, 6.07) is 13.9. The first kappa shape index (κ1) is 19.6. The van der Waals surface area contributed by atoms with Gasteiger partial charge in [-0.2, -0.15) is 5.10 Å². The summed E-state index contributed by atoms with van der Waals surface area (Å²) in [5, 5.41) is 9.10. The number of benzene rings is 2. The Balaban J connectivity index is 1.73. The SMILES string of the molecule is Cc1nc2c(=O)n(CC(=O)Nc3ccc(Cl)cc3)nc(-c3ccc(Cl)cc3)c2s1. The summed E-state index contributed by atoms with van der Waals surface area (Å²) in [7, 11) is 0. The maximum absolute atomic E-state index is 12.8. The zero-order chi connectivity index (χ0) is 20.5. The summed E-state index contributed by atoms with van der Waals surface area (Å²) in [6.07, 6.45) is 0. The highest BCUT2D eigenvalue weighted by molar-refractivity contribution is 7.19. The normalized spacial score (nSPS) is 11.0. The van der Waals surface area contributed by atoms with E-state index in [1.807, 2.05) is 19.1 Å². The van der Waals surface area contributed by atoms with Crippen molar-refractivity contribution < 1.29 is 4.79 Å². The number of nitrogens with one attached hydrogen (secondary N) is 1. The minimum Gasteiger partial charge on any atom is -0.324 e. The summed E-state index contributed by atoms with van der Waals surface area (Å²) >= 11 is 13.2.